The molecule has 2 N–H and O–H groups in total. The van der Waals surface area contributed by atoms with Crippen LogP contribution in [-0.4, -0.2) is 21.9 Å². The summed E-state index contributed by atoms with van der Waals surface area (Å²) in [4.78, 5) is 12.2. The number of nitrogens with one attached hydrogen (secondary N) is 2. The first-order chi connectivity index (χ1) is 12.9. The molecule has 0 aliphatic carbocycles. The molecule has 0 aliphatic rings. The number of aryl methyl sites for hydroxylation is 1. The maximum atomic E-state index is 12.2. The van der Waals surface area contributed by atoms with E-state index in [0.717, 1.165) is 11.3 Å². The van der Waals surface area contributed by atoms with Gasteiger partial charge in [0.05, 0.1) is 26.5 Å². The molecule has 1 aromatic heterocycles. The summed E-state index contributed by atoms with van der Waals surface area (Å²) in [6.07, 6.45) is 0. The Kier molecular flexibility index (Phi) is 6.83. The van der Waals surface area contributed by atoms with Gasteiger partial charge in [0.15, 0.2) is 4.34 Å². The molecule has 0 fully saturated rings. The Labute approximate surface area is 179 Å². The van der Waals surface area contributed by atoms with Gasteiger partial charge in [0.1, 0.15) is 0 Å². The largest absolute Gasteiger partial charge is 0.330 e. The zero-order chi connectivity index (χ0) is 19.4. The highest BCUT2D eigenvalue weighted by atomic mass is 35.5. The molecule has 27 heavy (non-hydrogen) atoms. The van der Waals surface area contributed by atoms with Gasteiger partial charge >= 0.3 is 0 Å². The maximum Gasteiger partial charge on any atom is 0.234 e. The lowest BCUT2D eigenvalue weighted by Gasteiger charge is -2.08. The predicted molar refractivity (Wildman–Crippen MR) is 115 cm³/mol. The van der Waals surface area contributed by atoms with Gasteiger partial charge in [-0.3, -0.25) is 4.79 Å². The third kappa shape index (κ3) is 5.49. The number of benzene rings is 2. The molecule has 0 unspecified atom stereocenters. The van der Waals surface area contributed by atoms with Crippen LogP contribution in [0.4, 0.5) is 16.5 Å². The summed E-state index contributed by atoms with van der Waals surface area (Å²) in [6, 6.07) is 10.9. The molecule has 0 saturated heterocycles. The average molecular weight is 460 g/mol. The van der Waals surface area contributed by atoms with E-state index >= 15 is 0 Å². The minimum Gasteiger partial charge on any atom is -0.330 e. The molecule has 2 aromatic carbocycles. The van der Waals surface area contributed by atoms with E-state index in [4.69, 9.17) is 34.8 Å². The first kappa shape index (κ1) is 20.2. The fraction of sp³-hybridized carbons (Fsp3) is 0.118. The zero-order valence-corrected chi connectivity index (χ0v) is 17.8. The van der Waals surface area contributed by atoms with E-state index in [1.165, 1.54) is 35.2 Å². The van der Waals surface area contributed by atoms with Crippen LogP contribution >= 0.6 is 57.9 Å². The first-order valence-corrected chi connectivity index (χ1v) is 10.6. The number of anilines is 3. The number of halogens is 3. The van der Waals surface area contributed by atoms with E-state index in [-0.39, 0.29) is 11.7 Å². The Morgan fingerprint density at radius 2 is 1.81 bits per heavy atom. The number of para-hydroxylation sites is 1. The number of amides is 1. The molecule has 0 saturated carbocycles. The Morgan fingerprint density at radius 3 is 2.59 bits per heavy atom. The molecular weight excluding hydrogens is 447 g/mol. The van der Waals surface area contributed by atoms with Crippen molar-refractivity contribution in [3.63, 3.8) is 0 Å². The van der Waals surface area contributed by atoms with Gasteiger partial charge in [-0.1, -0.05) is 76.1 Å². The SMILES string of the molecule is Cc1ccccc1Nc1nnc(SCC(=O)Nc2cc(Cl)c(Cl)cc2Cl)s1. The fourth-order valence-electron chi connectivity index (χ4n) is 2.08. The van der Waals surface area contributed by atoms with Crippen LogP contribution in [0, 0.1) is 6.92 Å². The minimum absolute atomic E-state index is 0.162. The second kappa shape index (κ2) is 9.12. The van der Waals surface area contributed by atoms with E-state index in [2.05, 4.69) is 20.8 Å². The molecule has 1 amide bonds. The third-order valence-corrected chi connectivity index (χ3v) is 6.41. The van der Waals surface area contributed by atoms with Crippen molar-refractivity contribution in [3.8, 4) is 0 Å². The highest BCUT2D eigenvalue weighted by Gasteiger charge is 2.12. The van der Waals surface area contributed by atoms with Crippen LogP contribution in [0.25, 0.3) is 0 Å². The molecule has 0 aliphatic heterocycles. The molecular formula is C17H13Cl3N4OS2. The Morgan fingerprint density at radius 1 is 1.07 bits per heavy atom. The Bertz CT molecular complexity index is 981. The molecule has 0 spiro atoms. The highest BCUT2D eigenvalue weighted by molar-refractivity contribution is 8.01. The number of hydrogen-bond acceptors (Lipinski definition) is 6. The van der Waals surface area contributed by atoms with Crippen molar-refractivity contribution in [2.45, 2.75) is 11.3 Å². The van der Waals surface area contributed by atoms with Crippen molar-refractivity contribution < 1.29 is 4.79 Å². The van der Waals surface area contributed by atoms with Crippen LogP contribution in [0.15, 0.2) is 40.7 Å². The first-order valence-electron chi connectivity index (χ1n) is 7.65. The van der Waals surface area contributed by atoms with Crippen molar-refractivity contribution in [2.24, 2.45) is 0 Å². The lowest BCUT2D eigenvalue weighted by Crippen LogP contribution is -2.14. The van der Waals surface area contributed by atoms with E-state index in [1.54, 1.807) is 0 Å². The standard InChI is InChI=1S/C17H13Cl3N4OS2/c1-9-4-2-3-5-13(9)22-16-23-24-17(27-16)26-8-15(25)21-14-7-11(19)10(18)6-12(14)20/h2-7H,8H2,1H3,(H,21,25)(H,22,23). The maximum absolute atomic E-state index is 12.2. The molecule has 3 rings (SSSR count). The number of hydrogen-bond donors (Lipinski definition) is 2. The van der Waals surface area contributed by atoms with E-state index in [9.17, 15) is 4.79 Å². The fourth-order valence-corrected chi connectivity index (χ4v) is 4.24. The number of aromatic nitrogens is 2. The smallest absolute Gasteiger partial charge is 0.234 e. The molecule has 5 nitrogen and oxygen atoms in total. The summed E-state index contributed by atoms with van der Waals surface area (Å²) in [7, 11) is 0. The lowest BCUT2D eigenvalue weighted by molar-refractivity contribution is -0.113. The van der Waals surface area contributed by atoms with Crippen LogP contribution < -0.4 is 10.6 Å². The Hall–Kier alpha value is -1.51. The monoisotopic (exact) mass is 458 g/mol. The zero-order valence-electron chi connectivity index (χ0n) is 13.9. The third-order valence-electron chi connectivity index (χ3n) is 3.40. The van der Waals surface area contributed by atoms with Crippen LogP contribution in [-0.2, 0) is 4.79 Å². The van der Waals surface area contributed by atoms with Crippen LogP contribution in [0.2, 0.25) is 15.1 Å². The van der Waals surface area contributed by atoms with Crippen LogP contribution in [0.3, 0.4) is 0 Å². The van der Waals surface area contributed by atoms with Gasteiger partial charge in [-0.25, -0.2) is 0 Å². The molecule has 140 valence electrons. The van der Waals surface area contributed by atoms with E-state index < -0.39 is 0 Å². The summed E-state index contributed by atoms with van der Waals surface area (Å²) < 4.78 is 0.682. The second-order valence-corrected chi connectivity index (χ2v) is 8.82. The minimum atomic E-state index is -0.232. The van der Waals surface area contributed by atoms with Crippen molar-refractivity contribution in [2.75, 3.05) is 16.4 Å². The quantitative estimate of drug-likeness (QED) is 0.335. The number of carbonyl (C=O) groups is 1. The van der Waals surface area contributed by atoms with Gasteiger partial charge in [-0.2, -0.15) is 0 Å². The van der Waals surface area contributed by atoms with E-state index in [1.807, 2.05) is 31.2 Å². The van der Waals surface area contributed by atoms with Crippen LogP contribution in [0.1, 0.15) is 5.56 Å². The van der Waals surface area contributed by atoms with Gasteiger partial charge in [-0.15, -0.1) is 10.2 Å². The molecule has 0 bridgehead atoms. The van der Waals surface area contributed by atoms with Gasteiger partial charge in [0.2, 0.25) is 11.0 Å². The van der Waals surface area contributed by atoms with Crippen molar-refractivity contribution in [1.82, 2.24) is 10.2 Å². The molecule has 3 aromatic rings. The Balaban J connectivity index is 1.56. The molecule has 10 heteroatoms. The molecule has 0 radical (unpaired) electrons. The van der Waals surface area contributed by atoms with E-state index in [0.29, 0.717) is 30.2 Å². The predicted octanol–water partition coefficient (Wildman–Crippen LogP) is 6.28. The number of carbonyl (C=O) groups excluding carboxylic acids is 1. The van der Waals surface area contributed by atoms with Crippen molar-refractivity contribution in [3.05, 3.63) is 57.0 Å². The summed E-state index contributed by atoms with van der Waals surface area (Å²) in [5.74, 6) is -0.0702. The number of nitrogens with zero attached hydrogens (tertiary/aromatic N) is 2. The van der Waals surface area contributed by atoms with Crippen LogP contribution in [0.5, 0.6) is 0 Å². The summed E-state index contributed by atoms with van der Waals surface area (Å²) in [6.45, 7) is 2.01. The molecule has 0 atom stereocenters. The highest BCUT2D eigenvalue weighted by Crippen LogP contribution is 2.33. The van der Waals surface area contributed by atoms with Gasteiger partial charge in [-0.05, 0) is 30.7 Å². The second-order valence-electron chi connectivity index (χ2n) is 5.40. The summed E-state index contributed by atoms with van der Waals surface area (Å²) in [5, 5.41) is 15.8. The number of thioether (sulfide) groups is 1. The lowest BCUT2D eigenvalue weighted by atomic mass is 10.2. The van der Waals surface area contributed by atoms with Gasteiger partial charge in [0, 0.05) is 5.69 Å². The topological polar surface area (TPSA) is 66.9 Å². The van der Waals surface area contributed by atoms with Crippen molar-refractivity contribution >= 4 is 80.3 Å². The average Bonchev–Trinajstić information content (AvgIpc) is 3.07. The summed E-state index contributed by atoms with van der Waals surface area (Å²) >= 11 is 20.6. The van der Waals surface area contributed by atoms with Crippen molar-refractivity contribution in [1.29, 1.82) is 0 Å². The normalized spacial score (nSPS) is 10.7. The molecule has 1 heterocycles. The summed E-state index contributed by atoms with van der Waals surface area (Å²) in [5.41, 5.74) is 2.49. The van der Waals surface area contributed by atoms with Gasteiger partial charge in [0.25, 0.3) is 0 Å². The van der Waals surface area contributed by atoms with Gasteiger partial charge < -0.3 is 10.6 Å². The number of rotatable bonds is 6.